The van der Waals surface area contributed by atoms with E-state index in [1.165, 1.54) is 5.56 Å². The molecule has 1 saturated heterocycles. The second-order valence-corrected chi connectivity index (χ2v) is 7.65. The molecule has 1 aliphatic heterocycles. The third kappa shape index (κ3) is 3.89. The van der Waals surface area contributed by atoms with Crippen molar-refractivity contribution in [2.45, 2.75) is 46.6 Å². The number of anilines is 1. The minimum absolute atomic E-state index is 0.00335. The van der Waals surface area contributed by atoms with E-state index in [2.05, 4.69) is 19.0 Å². The monoisotopic (exact) mass is 369 g/mol. The van der Waals surface area contributed by atoms with Crippen LogP contribution in [0.3, 0.4) is 0 Å². The molecule has 1 fully saturated rings. The van der Waals surface area contributed by atoms with E-state index in [1.54, 1.807) is 16.8 Å². The number of hydrogen-bond acceptors (Lipinski definition) is 4. The van der Waals surface area contributed by atoms with Gasteiger partial charge in [-0.3, -0.25) is 9.59 Å². The fraction of sp³-hybridized carbons (Fsp3) is 0.476. The van der Waals surface area contributed by atoms with Crippen molar-refractivity contribution >= 4 is 17.5 Å². The number of amides is 2. The number of benzene rings is 1. The molecule has 1 aliphatic rings. The lowest BCUT2D eigenvalue weighted by Gasteiger charge is -2.21. The van der Waals surface area contributed by atoms with Crippen molar-refractivity contribution in [3.63, 3.8) is 0 Å². The molecule has 6 nitrogen and oxygen atoms in total. The van der Waals surface area contributed by atoms with Gasteiger partial charge in [0.05, 0.1) is 18.2 Å². The smallest absolute Gasteiger partial charge is 0.228 e. The molecule has 0 saturated carbocycles. The number of carbonyl (C=O) groups is 2. The lowest BCUT2D eigenvalue weighted by atomic mass is 10.0. The van der Waals surface area contributed by atoms with Crippen LogP contribution in [0.15, 0.2) is 28.8 Å². The van der Waals surface area contributed by atoms with Gasteiger partial charge >= 0.3 is 0 Å². The molecule has 3 rings (SSSR count). The van der Waals surface area contributed by atoms with Crippen LogP contribution in [0.5, 0.6) is 0 Å². The van der Waals surface area contributed by atoms with Gasteiger partial charge in [-0.1, -0.05) is 31.1 Å². The van der Waals surface area contributed by atoms with Crippen LogP contribution in [0.25, 0.3) is 0 Å². The Morgan fingerprint density at radius 3 is 2.52 bits per heavy atom. The first-order valence-electron chi connectivity index (χ1n) is 9.35. The van der Waals surface area contributed by atoms with Gasteiger partial charge in [-0.05, 0) is 37.5 Å². The van der Waals surface area contributed by atoms with E-state index < -0.39 is 0 Å². The highest BCUT2D eigenvalue weighted by Crippen LogP contribution is 2.28. The van der Waals surface area contributed by atoms with Gasteiger partial charge in [-0.15, -0.1) is 0 Å². The van der Waals surface area contributed by atoms with Gasteiger partial charge < -0.3 is 14.3 Å². The number of rotatable bonds is 5. The molecule has 144 valence electrons. The van der Waals surface area contributed by atoms with Crippen LogP contribution in [0, 0.1) is 19.8 Å². The van der Waals surface area contributed by atoms with Crippen molar-refractivity contribution in [2.24, 2.45) is 5.92 Å². The fourth-order valence-electron chi connectivity index (χ4n) is 3.52. The third-order valence-electron chi connectivity index (χ3n) is 5.30. The standard InChI is InChI=1S/C21H27N3O3/c1-13(2)16-6-8-18(9-7-16)24-11-17(10-20(24)25)21(26)23(5)12-19-14(3)22-27-15(19)4/h6-9,13,17H,10-12H2,1-5H3/t17-/m1/s1. The number of carbonyl (C=O) groups excluding carboxylic acids is 2. The van der Waals surface area contributed by atoms with E-state index >= 15 is 0 Å². The molecule has 2 heterocycles. The predicted molar refractivity (Wildman–Crippen MR) is 103 cm³/mol. The first-order chi connectivity index (χ1) is 12.8. The van der Waals surface area contributed by atoms with E-state index in [9.17, 15) is 9.59 Å². The molecule has 1 aromatic heterocycles. The maximum atomic E-state index is 12.9. The summed E-state index contributed by atoms with van der Waals surface area (Å²) in [6.07, 6.45) is 0.247. The van der Waals surface area contributed by atoms with E-state index in [1.807, 2.05) is 38.1 Å². The summed E-state index contributed by atoms with van der Waals surface area (Å²) in [7, 11) is 1.76. The van der Waals surface area contributed by atoms with Crippen LogP contribution in [0.1, 0.15) is 48.8 Å². The molecule has 0 radical (unpaired) electrons. The van der Waals surface area contributed by atoms with E-state index in [4.69, 9.17) is 4.52 Å². The molecule has 2 amide bonds. The molecule has 1 atom stereocenters. The molecule has 1 aromatic carbocycles. The Bertz CT molecular complexity index is 819. The van der Waals surface area contributed by atoms with Gasteiger partial charge in [0.2, 0.25) is 11.8 Å². The Morgan fingerprint density at radius 1 is 1.30 bits per heavy atom. The quantitative estimate of drug-likeness (QED) is 0.810. The van der Waals surface area contributed by atoms with Crippen molar-refractivity contribution in [3.8, 4) is 0 Å². The molecule has 27 heavy (non-hydrogen) atoms. The maximum Gasteiger partial charge on any atom is 0.228 e. The zero-order valence-electron chi connectivity index (χ0n) is 16.7. The van der Waals surface area contributed by atoms with Gasteiger partial charge in [-0.25, -0.2) is 0 Å². The van der Waals surface area contributed by atoms with Crippen LogP contribution in [-0.2, 0) is 16.1 Å². The fourth-order valence-corrected chi connectivity index (χ4v) is 3.52. The summed E-state index contributed by atoms with van der Waals surface area (Å²) in [4.78, 5) is 28.7. The Balaban J connectivity index is 1.68. The zero-order valence-corrected chi connectivity index (χ0v) is 16.7. The van der Waals surface area contributed by atoms with Crippen molar-refractivity contribution in [2.75, 3.05) is 18.5 Å². The number of aromatic nitrogens is 1. The zero-order chi connectivity index (χ0) is 19.7. The summed E-state index contributed by atoms with van der Waals surface area (Å²) in [6.45, 7) is 8.85. The summed E-state index contributed by atoms with van der Waals surface area (Å²) < 4.78 is 5.17. The number of aryl methyl sites for hydroxylation is 2. The van der Waals surface area contributed by atoms with Crippen LogP contribution in [0.4, 0.5) is 5.69 Å². The van der Waals surface area contributed by atoms with Gasteiger partial charge in [0.15, 0.2) is 0 Å². The second-order valence-electron chi connectivity index (χ2n) is 7.65. The summed E-state index contributed by atoms with van der Waals surface area (Å²) in [5, 5.41) is 3.93. The van der Waals surface area contributed by atoms with Crippen molar-refractivity contribution in [3.05, 3.63) is 46.8 Å². The molecule has 0 N–H and O–H groups in total. The predicted octanol–water partition coefficient (Wildman–Crippen LogP) is 3.43. The largest absolute Gasteiger partial charge is 0.361 e. The Labute approximate surface area is 160 Å². The van der Waals surface area contributed by atoms with Crippen molar-refractivity contribution in [1.82, 2.24) is 10.1 Å². The summed E-state index contributed by atoms with van der Waals surface area (Å²) in [5.74, 6) is 0.816. The average Bonchev–Trinajstić information content (AvgIpc) is 3.18. The molecular formula is C21H27N3O3. The first-order valence-corrected chi connectivity index (χ1v) is 9.35. The summed E-state index contributed by atoms with van der Waals surface area (Å²) in [6, 6.07) is 8.03. The molecule has 6 heteroatoms. The number of nitrogens with zero attached hydrogens (tertiary/aromatic N) is 3. The van der Waals surface area contributed by atoms with Gasteiger partial charge in [-0.2, -0.15) is 0 Å². The van der Waals surface area contributed by atoms with Crippen LogP contribution in [0.2, 0.25) is 0 Å². The van der Waals surface area contributed by atoms with E-state index in [-0.39, 0.29) is 24.2 Å². The van der Waals surface area contributed by atoms with Crippen LogP contribution in [-0.4, -0.2) is 35.5 Å². The van der Waals surface area contributed by atoms with Gasteiger partial charge in [0.1, 0.15) is 5.76 Å². The van der Waals surface area contributed by atoms with Crippen molar-refractivity contribution in [1.29, 1.82) is 0 Å². The minimum atomic E-state index is -0.326. The average molecular weight is 369 g/mol. The minimum Gasteiger partial charge on any atom is -0.361 e. The highest BCUT2D eigenvalue weighted by atomic mass is 16.5. The SMILES string of the molecule is Cc1noc(C)c1CN(C)C(=O)[C@@H]1CC(=O)N(c2ccc(C(C)C)cc2)C1. The first kappa shape index (κ1) is 19.1. The highest BCUT2D eigenvalue weighted by molar-refractivity contribution is 6.00. The summed E-state index contributed by atoms with van der Waals surface area (Å²) >= 11 is 0. The van der Waals surface area contributed by atoms with E-state index in [0.29, 0.717) is 19.0 Å². The molecule has 0 unspecified atom stereocenters. The Kier molecular flexibility index (Phi) is 5.35. The topological polar surface area (TPSA) is 66.7 Å². The molecule has 0 bridgehead atoms. The van der Waals surface area contributed by atoms with Crippen LogP contribution < -0.4 is 4.90 Å². The molecule has 2 aromatic rings. The van der Waals surface area contributed by atoms with Crippen molar-refractivity contribution < 1.29 is 14.1 Å². The van der Waals surface area contributed by atoms with Crippen LogP contribution >= 0.6 is 0 Å². The third-order valence-corrected chi connectivity index (χ3v) is 5.30. The normalized spacial score (nSPS) is 17.0. The summed E-state index contributed by atoms with van der Waals surface area (Å²) in [5.41, 5.74) is 3.81. The molecule has 0 spiro atoms. The van der Waals surface area contributed by atoms with E-state index in [0.717, 1.165) is 22.7 Å². The maximum absolute atomic E-state index is 12.9. The second kappa shape index (κ2) is 7.55. The lowest BCUT2D eigenvalue weighted by molar-refractivity contribution is -0.135. The highest BCUT2D eigenvalue weighted by Gasteiger charge is 2.36. The molecule has 0 aliphatic carbocycles. The van der Waals surface area contributed by atoms with Gasteiger partial charge in [0, 0.05) is 31.3 Å². The number of hydrogen-bond donors (Lipinski definition) is 0. The van der Waals surface area contributed by atoms with Gasteiger partial charge in [0.25, 0.3) is 0 Å². The molecular weight excluding hydrogens is 342 g/mol. The Hall–Kier alpha value is -2.63. The lowest BCUT2D eigenvalue weighted by Crippen LogP contribution is -2.34. The Morgan fingerprint density at radius 2 is 1.96 bits per heavy atom.